The molecule has 2 heterocycles. The van der Waals surface area contributed by atoms with Gasteiger partial charge in [0.1, 0.15) is 6.61 Å². The molecular weight excluding hydrogens is 218 g/mol. The lowest BCUT2D eigenvalue weighted by Crippen LogP contribution is -2.14. The summed E-state index contributed by atoms with van der Waals surface area (Å²) in [5.74, 6) is -0.226. The fraction of sp³-hybridized carbons (Fsp3) is 0.0833. The van der Waals surface area contributed by atoms with E-state index in [9.17, 15) is 4.79 Å². The van der Waals surface area contributed by atoms with E-state index < -0.39 is 5.91 Å². The predicted molar refractivity (Wildman–Crippen MR) is 61.3 cm³/mol. The number of aromatic nitrogens is 2. The quantitative estimate of drug-likeness (QED) is 0.853. The van der Waals surface area contributed by atoms with Gasteiger partial charge in [0, 0.05) is 24.2 Å². The molecule has 1 amide bonds. The van der Waals surface area contributed by atoms with Crippen molar-refractivity contribution in [2.75, 3.05) is 0 Å². The third kappa shape index (κ3) is 2.78. The molecule has 2 N–H and O–H groups in total. The third-order valence-electron chi connectivity index (χ3n) is 2.12. The number of hydrogen-bond acceptors (Lipinski definition) is 4. The number of rotatable bonds is 4. The lowest BCUT2D eigenvalue weighted by atomic mass is 10.3. The summed E-state index contributed by atoms with van der Waals surface area (Å²) >= 11 is 0. The van der Waals surface area contributed by atoms with Crippen molar-refractivity contribution < 1.29 is 9.53 Å². The molecule has 0 radical (unpaired) electrons. The summed E-state index contributed by atoms with van der Waals surface area (Å²) in [5, 5.41) is 0. The summed E-state index contributed by atoms with van der Waals surface area (Å²) < 4.78 is 5.48. The molecule has 2 rings (SSSR count). The molecule has 0 saturated carbocycles. The Bertz CT molecular complexity index is 514. The van der Waals surface area contributed by atoms with E-state index in [0.717, 1.165) is 5.56 Å². The second-order valence-corrected chi connectivity index (χ2v) is 3.36. The van der Waals surface area contributed by atoms with E-state index in [0.29, 0.717) is 12.4 Å². The second-order valence-electron chi connectivity index (χ2n) is 3.36. The normalized spacial score (nSPS) is 9.88. The average Bonchev–Trinajstić information content (AvgIpc) is 2.38. The van der Waals surface area contributed by atoms with Gasteiger partial charge in [0.05, 0.1) is 0 Å². The van der Waals surface area contributed by atoms with Crippen molar-refractivity contribution >= 4 is 5.91 Å². The van der Waals surface area contributed by atoms with Crippen LogP contribution in [0.15, 0.2) is 42.9 Å². The van der Waals surface area contributed by atoms with Gasteiger partial charge in [-0.1, -0.05) is 6.07 Å². The van der Waals surface area contributed by atoms with Crippen LogP contribution in [0.1, 0.15) is 16.1 Å². The van der Waals surface area contributed by atoms with E-state index >= 15 is 0 Å². The molecule has 0 aliphatic heterocycles. The van der Waals surface area contributed by atoms with Gasteiger partial charge >= 0.3 is 0 Å². The first-order valence-electron chi connectivity index (χ1n) is 5.04. The molecule has 2 aromatic heterocycles. The van der Waals surface area contributed by atoms with Crippen molar-refractivity contribution in [1.29, 1.82) is 0 Å². The van der Waals surface area contributed by atoms with E-state index in [1.54, 1.807) is 24.5 Å². The maximum Gasteiger partial charge on any atom is 0.271 e. The summed E-state index contributed by atoms with van der Waals surface area (Å²) in [4.78, 5) is 18.9. The standard InChI is InChI=1S/C12H11N3O2/c13-12(16)11-10(4-2-6-15-11)17-8-9-3-1-5-14-7-9/h1-7H,8H2,(H2,13,16). The summed E-state index contributed by atoms with van der Waals surface area (Å²) in [7, 11) is 0. The van der Waals surface area contributed by atoms with Gasteiger partial charge in [0.25, 0.3) is 5.91 Å². The molecule has 86 valence electrons. The lowest BCUT2D eigenvalue weighted by Gasteiger charge is -2.07. The first kappa shape index (κ1) is 11.1. The lowest BCUT2D eigenvalue weighted by molar-refractivity contribution is 0.0990. The number of amides is 1. The van der Waals surface area contributed by atoms with Gasteiger partial charge in [-0.3, -0.25) is 9.78 Å². The molecule has 0 bridgehead atoms. The Morgan fingerprint density at radius 2 is 2.12 bits per heavy atom. The minimum Gasteiger partial charge on any atom is -0.486 e. The highest BCUT2D eigenvalue weighted by Gasteiger charge is 2.09. The highest BCUT2D eigenvalue weighted by atomic mass is 16.5. The molecule has 5 nitrogen and oxygen atoms in total. The van der Waals surface area contributed by atoms with Crippen LogP contribution in [-0.2, 0) is 6.61 Å². The minimum atomic E-state index is -0.605. The molecule has 0 atom stereocenters. The van der Waals surface area contributed by atoms with E-state index in [2.05, 4.69) is 9.97 Å². The molecule has 0 unspecified atom stereocenters. The molecule has 0 spiro atoms. The number of carbonyl (C=O) groups is 1. The molecule has 0 aromatic carbocycles. The van der Waals surface area contributed by atoms with Crippen molar-refractivity contribution in [1.82, 2.24) is 9.97 Å². The van der Waals surface area contributed by atoms with Crippen LogP contribution >= 0.6 is 0 Å². The Morgan fingerprint density at radius 1 is 1.29 bits per heavy atom. The summed E-state index contributed by atoms with van der Waals surface area (Å²) in [5.41, 5.74) is 6.23. The topological polar surface area (TPSA) is 78.1 Å². The fourth-order valence-corrected chi connectivity index (χ4v) is 1.34. The van der Waals surface area contributed by atoms with Crippen LogP contribution in [0.25, 0.3) is 0 Å². The number of pyridine rings is 2. The second kappa shape index (κ2) is 5.07. The molecule has 0 saturated heterocycles. The monoisotopic (exact) mass is 229 g/mol. The Labute approximate surface area is 98.3 Å². The molecule has 2 aromatic rings. The van der Waals surface area contributed by atoms with Crippen LogP contribution in [0.3, 0.4) is 0 Å². The smallest absolute Gasteiger partial charge is 0.271 e. The van der Waals surface area contributed by atoms with Gasteiger partial charge in [-0.25, -0.2) is 4.98 Å². The maximum atomic E-state index is 11.1. The van der Waals surface area contributed by atoms with E-state index in [4.69, 9.17) is 10.5 Å². The highest BCUT2D eigenvalue weighted by molar-refractivity contribution is 5.93. The fourth-order valence-electron chi connectivity index (χ4n) is 1.34. The zero-order chi connectivity index (χ0) is 12.1. The van der Waals surface area contributed by atoms with Crippen LogP contribution < -0.4 is 10.5 Å². The maximum absolute atomic E-state index is 11.1. The minimum absolute atomic E-state index is 0.136. The number of carbonyl (C=O) groups excluding carboxylic acids is 1. The van der Waals surface area contributed by atoms with Crippen molar-refractivity contribution in [2.24, 2.45) is 5.73 Å². The largest absolute Gasteiger partial charge is 0.486 e. The Kier molecular flexibility index (Phi) is 3.30. The van der Waals surface area contributed by atoms with Gasteiger partial charge in [0.15, 0.2) is 11.4 Å². The Morgan fingerprint density at radius 3 is 2.82 bits per heavy atom. The summed E-state index contributed by atoms with van der Waals surface area (Å²) in [6, 6.07) is 7.04. The van der Waals surface area contributed by atoms with E-state index in [1.807, 2.05) is 12.1 Å². The summed E-state index contributed by atoms with van der Waals surface area (Å²) in [6.07, 6.45) is 4.87. The van der Waals surface area contributed by atoms with Crippen LogP contribution in [-0.4, -0.2) is 15.9 Å². The first-order valence-corrected chi connectivity index (χ1v) is 5.04. The third-order valence-corrected chi connectivity index (χ3v) is 2.12. The van der Waals surface area contributed by atoms with Crippen LogP contribution in [0, 0.1) is 0 Å². The number of nitrogens with two attached hydrogens (primary N) is 1. The van der Waals surface area contributed by atoms with Gasteiger partial charge in [-0.2, -0.15) is 0 Å². The molecule has 0 aliphatic carbocycles. The SMILES string of the molecule is NC(=O)c1ncccc1OCc1cccnc1. The number of ether oxygens (including phenoxy) is 1. The van der Waals surface area contributed by atoms with Crippen LogP contribution in [0.2, 0.25) is 0 Å². The highest BCUT2D eigenvalue weighted by Crippen LogP contribution is 2.16. The Hall–Kier alpha value is -2.43. The zero-order valence-corrected chi connectivity index (χ0v) is 9.04. The Balaban J connectivity index is 2.12. The van der Waals surface area contributed by atoms with Gasteiger partial charge in [-0.05, 0) is 18.2 Å². The van der Waals surface area contributed by atoms with E-state index in [-0.39, 0.29) is 5.69 Å². The van der Waals surface area contributed by atoms with Gasteiger partial charge < -0.3 is 10.5 Å². The zero-order valence-electron chi connectivity index (χ0n) is 9.04. The van der Waals surface area contributed by atoms with Crippen molar-refractivity contribution in [3.8, 4) is 5.75 Å². The van der Waals surface area contributed by atoms with Gasteiger partial charge in [-0.15, -0.1) is 0 Å². The predicted octanol–water partition coefficient (Wildman–Crippen LogP) is 1.15. The van der Waals surface area contributed by atoms with Crippen molar-refractivity contribution in [3.63, 3.8) is 0 Å². The number of primary amides is 1. The van der Waals surface area contributed by atoms with Crippen molar-refractivity contribution in [2.45, 2.75) is 6.61 Å². The average molecular weight is 229 g/mol. The summed E-state index contributed by atoms with van der Waals surface area (Å²) in [6.45, 7) is 0.319. The number of hydrogen-bond donors (Lipinski definition) is 1. The molecule has 17 heavy (non-hydrogen) atoms. The first-order chi connectivity index (χ1) is 8.27. The van der Waals surface area contributed by atoms with Crippen molar-refractivity contribution in [3.05, 3.63) is 54.1 Å². The molecular formula is C12H11N3O2. The molecule has 0 aliphatic rings. The van der Waals surface area contributed by atoms with Crippen LogP contribution in [0.4, 0.5) is 0 Å². The van der Waals surface area contributed by atoms with Crippen LogP contribution in [0.5, 0.6) is 5.75 Å². The van der Waals surface area contributed by atoms with E-state index in [1.165, 1.54) is 6.20 Å². The molecule has 0 fully saturated rings. The number of nitrogens with zero attached hydrogens (tertiary/aromatic N) is 2. The van der Waals surface area contributed by atoms with Gasteiger partial charge in [0.2, 0.25) is 0 Å². The molecule has 5 heteroatoms.